The highest BCUT2D eigenvalue weighted by Gasteiger charge is 2.18. The minimum Gasteiger partial charge on any atom is -0.460 e. The molecule has 2 nitrogen and oxygen atoms in total. The smallest absolute Gasteiger partial charge is 0.134 e. The Kier molecular flexibility index (Phi) is 3.90. The summed E-state index contributed by atoms with van der Waals surface area (Å²) in [4.78, 5) is 2.25. The fourth-order valence-electron chi connectivity index (χ4n) is 3.17. The highest BCUT2D eigenvalue weighted by molar-refractivity contribution is 5.57. The van der Waals surface area contributed by atoms with E-state index in [9.17, 15) is 8.78 Å². The van der Waals surface area contributed by atoms with Gasteiger partial charge in [-0.05, 0) is 66.1 Å². The van der Waals surface area contributed by atoms with Gasteiger partial charge in [-0.25, -0.2) is 8.78 Å². The Hall–Kier alpha value is -2.46. The van der Waals surface area contributed by atoms with Gasteiger partial charge in [0.05, 0.1) is 6.54 Å². The van der Waals surface area contributed by atoms with Crippen molar-refractivity contribution < 1.29 is 13.2 Å². The van der Waals surface area contributed by atoms with Gasteiger partial charge in [0.1, 0.15) is 23.2 Å². The largest absolute Gasteiger partial charge is 0.460 e. The van der Waals surface area contributed by atoms with Gasteiger partial charge in [-0.3, -0.25) is 4.90 Å². The molecule has 1 aliphatic rings. The molecule has 0 fully saturated rings. The van der Waals surface area contributed by atoms with Crippen LogP contribution in [0.3, 0.4) is 0 Å². The number of fused-ring (bicyclic) bond motifs is 1. The molecule has 1 aromatic heterocycles. The molecular weight excluding hydrogens is 308 g/mol. The molecular formula is C20H17F2NO. The molecule has 0 atom stereocenters. The first-order chi connectivity index (χ1) is 11.7. The van der Waals surface area contributed by atoms with Crippen LogP contribution in [0.2, 0.25) is 0 Å². The van der Waals surface area contributed by atoms with Crippen LogP contribution in [0.25, 0.3) is 11.3 Å². The van der Waals surface area contributed by atoms with Crippen molar-refractivity contribution in [2.24, 2.45) is 0 Å². The number of hydrogen-bond donors (Lipinski definition) is 0. The van der Waals surface area contributed by atoms with Crippen molar-refractivity contribution in [3.63, 3.8) is 0 Å². The molecule has 4 rings (SSSR count). The van der Waals surface area contributed by atoms with Crippen LogP contribution in [0, 0.1) is 11.6 Å². The fraction of sp³-hybridized carbons (Fsp3) is 0.200. The van der Waals surface area contributed by atoms with Crippen LogP contribution in [-0.4, -0.2) is 11.4 Å². The topological polar surface area (TPSA) is 16.4 Å². The Labute approximate surface area is 139 Å². The average molecular weight is 325 g/mol. The van der Waals surface area contributed by atoms with E-state index in [-0.39, 0.29) is 11.6 Å². The van der Waals surface area contributed by atoms with Gasteiger partial charge in [0.25, 0.3) is 0 Å². The molecule has 0 saturated carbocycles. The van der Waals surface area contributed by atoms with Crippen molar-refractivity contribution in [3.8, 4) is 11.3 Å². The van der Waals surface area contributed by atoms with Gasteiger partial charge in [0, 0.05) is 18.7 Å². The molecule has 0 unspecified atom stereocenters. The van der Waals surface area contributed by atoms with E-state index in [1.54, 1.807) is 18.2 Å². The normalized spacial score (nSPS) is 14.6. The molecule has 0 N–H and O–H groups in total. The lowest BCUT2D eigenvalue weighted by molar-refractivity contribution is 0.226. The molecule has 0 aliphatic carbocycles. The van der Waals surface area contributed by atoms with E-state index in [0.29, 0.717) is 6.54 Å². The van der Waals surface area contributed by atoms with E-state index in [1.807, 2.05) is 18.2 Å². The van der Waals surface area contributed by atoms with Crippen molar-refractivity contribution in [2.75, 3.05) is 6.54 Å². The monoisotopic (exact) mass is 325 g/mol. The third-order valence-corrected chi connectivity index (χ3v) is 4.43. The van der Waals surface area contributed by atoms with Gasteiger partial charge in [-0.15, -0.1) is 0 Å². The lowest BCUT2D eigenvalue weighted by Gasteiger charge is -2.27. The fourth-order valence-corrected chi connectivity index (χ4v) is 3.17. The predicted molar refractivity (Wildman–Crippen MR) is 88.3 cm³/mol. The number of halogens is 2. The predicted octanol–water partition coefficient (Wildman–Crippen LogP) is 4.78. The average Bonchev–Trinajstić information content (AvgIpc) is 3.03. The Morgan fingerprint density at radius 3 is 2.50 bits per heavy atom. The molecule has 0 saturated heterocycles. The summed E-state index contributed by atoms with van der Waals surface area (Å²) in [7, 11) is 0. The van der Waals surface area contributed by atoms with Crippen LogP contribution in [0.4, 0.5) is 8.78 Å². The van der Waals surface area contributed by atoms with Gasteiger partial charge in [-0.1, -0.05) is 6.07 Å². The molecule has 0 spiro atoms. The molecule has 2 aromatic carbocycles. The third-order valence-electron chi connectivity index (χ3n) is 4.43. The van der Waals surface area contributed by atoms with E-state index < -0.39 is 0 Å². The van der Waals surface area contributed by atoms with E-state index in [4.69, 9.17) is 4.42 Å². The van der Waals surface area contributed by atoms with Crippen LogP contribution in [0.15, 0.2) is 59.0 Å². The maximum atomic E-state index is 13.4. The van der Waals surface area contributed by atoms with Crippen LogP contribution in [0.5, 0.6) is 0 Å². The summed E-state index contributed by atoms with van der Waals surface area (Å²) in [6.45, 7) is 2.32. The minimum absolute atomic E-state index is 0.188. The summed E-state index contributed by atoms with van der Waals surface area (Å²) in [5.41, 5.74) is 3.12. The summed E-state index contributed by atoms with van der Waals surface area (Å²) >= 11 is 0. The number of benzene rings is 2. The molecule has 122 valence electrons. The molecule has 1 aliphatic heterocycles. The van der Waals surface area contributed by atoms with E-state index in [1.165, 1.54) is 23.8 Å². The molecule has 0 bridgehead atoms. The van der Waals surface area contributed by atoms with E-state index in [2.05, 4.69) is 4.90 Å². The Balaban J connectivity index is 1.48. The summed E-state index contributed by atoms with van der Waals surface area (Å²) in [5.74, 6) is 1.14. The maximum absolute atomic E-state index is 13.4. The van der Waals surface area contributed by atoms with Crippen LogP contribution in [0.1, 0.15) is 16.9 Å². The van der Waals surface area contributed by atoms with Crippen LogP contribution < -0.4 is 0 Å². The quantitative estimate of drug-likeness (QED) is 0.689. The van der Waals surface area contributed by atoms with Gasteiger partial charge in [0.2, 0.25) is 0 Å². The minimum atomic E-state index is -0.259. The number of rotatable bonds is 3. The van der Waals surface area contributed by atoms with E-state index in [0.717, 1.165) is 42.2 Å². The van der Waals surface area contributed by atoms with Crippen molar-refractivity contribution in [1.82, 2.24) is 4.90 Å². The lowest BCUT2D eigenvalue weighted by Crippen LogP contribution is -2.29. The Morgan fingerprint density at radius 2 is 1.67 bits per heavy atom. The Bertz CT molecular complexity index is 854. The van der Waals surface area contributed by atoms with E-state index >= 15 is 0 Å². The molecule has 0 radical (unpaired) electrons. The van der Waals surface area contributed by atoms with Gasteiger partial charge in [-0.2, -0.15) is 0 Å². The molecule has 24 heavy (non-hydrogen) atoms. The highest BCUT2D eigenvalue weighted by Crippen LogP contribution is 2.25. The van der Waals surface area contributed by atoms with Crippen molar-refractivity contribution in [3.05, 3.63) is 83.1 Å². The number of nitrogens with zero attached hydrogens (tertiary/aromatic N) is 1. The first kappa shape index (κ1) is 15.1. The van der Waals surface area contributed by atoms with Crippen molar-refractivity contribution >= 4 is 0 Å². The van der Waals surface area contributed by atoms with Crippen molar-refractivity contribution in [1.29, 1.82) is 0 Å². The number of furan rings is 1. The lowest BCUT2D eigenvalue weighted by atomic mass is 9.99. The summed E-state index contributed by atoms with van der Waals surface area (Å²) in [6.07, 6.45) is 0.918. The standard InChI is InChI=1S/C20H17F2NO/c21-17-4-2-15(3-5-17)20-8-7-19(24-20)13-23-10-9-14-1-6-18(22)11-16(14)12-23/h1-8,11H,9-10,12-13H2. The summed E-state index contributed by atoms with van der Waals surface area (Å²) in [5, 5.41) is 0. The molecule has 0 amide bonds. The van der Waals surface area contributed by atoms with Crippen molar-refractivity contribution in [2.45, 2.75) is 19.5 Å². The molecule has 3 aromatic rings. The summed E-state index contributed by atoms with van der Waals surface area (Å²) < 4.78 is 32.3. The zero-order valence-corrected chi connectivity index (χ0v) is 13.1. The highest BCUT2D eigenvalue weighted by atomic mass is 19.1. The molecule has 2 heterocycles. The van der Waals surface area contributed by atoms with Gasteiger partial charge >= 0.3 is 0 Å². The van der Waals surface area contributed by atoms with Gasteiger partial charge < -0.3 is 4.42 Å². The SMILES string of the molecule is Fc1ccc(-c2ccc(CN3CCc4ccc(F)cc4C3)o2)cc1. The first-order valence-corrected chi connectivity index (χ1v) is 8.02. The van der Waals surface area contributed by atoms with Crippen LogP contribution in [-0.2, 0) is 19.5 Å². The maximum Gasteiger partial charge on any atom is 0.134 e. The second-order valence-corrected chi connectivity index (χ2v) is 6.15. The number of hydrogen-bond acceptors (Lipinski definition) is 2. The second-order valence-electron chi connectivity index (χ2n) is 6.15. The second kappa shape index (κ2) is 6.21. The summed E-state index contributed by atoms with van der Waals surface area (Å²) in [6, 6.07) is 15.1. The zero-order valence-electron chi connectivity index (χ0n) is 13.1. The zero-order chi connectivity index (χ0) is 16.5. The third kappa shape index (κ3) is 3.10. The van der Waals surface area contributed by atoms with Gasteiger partial charge in [0.15, 0.2) is 0 Å². The first-order valence-electron chi connectivity index (χ1n) is 8.02. The van der Waals surface area contributed by atoms with Crippen LogP contribution >= 0.6 is 0 Å². The Morgan fingerprint density at radius 1 is 0.875 bits per heavy atom. The molecule has 4 heteroatoms.